The normalized spacial score (nSPS) is 13.6. The minimum atomic E-state index is -0.247. The number of hydrogen-bond donors (Lipinski definition) is 3. The third kappa shape index (κ3) is 7.60. The highest BCUT2D eigenvalue weighted by Gasteiger charge is 2.21. The maximum absolute atomic E-state index is 11.9. The number of amides is 1. The van der Waals surface area contributed by atoms with E-state index in [9.17, 15) is 4.79 Å². The minimum Gasteiger partial charge on any atom is -0.468 e. The Bertz CT molecular complexity index is 530. The van der Waals surface area contributed by atoms with Crippen molar-refractivity contribution >= 4 is 11.9 Å². The fourth-order valence-electron chi connectivity index (χ4n) is 2.60. The van der Waals surface area contributed by atoms with Crippen molar-refractivity contribution < 1.29 is 9.21 Å². The molecule has 7 heteroatoms. The Balaban J connectivity index is 2.60. The number of guanidine groups is 1. The van der Waals surface area contributed by atoms with E-state index in [1.807, 2.05) is 32.9 Å². The number of nitrogens with zero attached hydrogens (tertiary/aromatic N) is 2. The van der Waals surface area contributed by atoms with Gasteiger partial charge in [-0.25, -0.2) is 0 Å². The van der Waals surface area contributed by atoms with Gasteiger partial charge in [-0.15, -0.1) is 0 Å². The summed E-state index contributed by atoms with van der Waals surface area (Å²) in [6, 6.07) is 3.99. The van der Waals surface area contributed by atoms with Gasteiger partial charge in [-0.1, -0.05) is 13.8 Å². The molecule has 1 atom stereocenters. The number of aliphatic imine (C=N–C) groups is 1. The van der Waals surface area contributed by atoms with Gasteiger partial charge in [-0.3, -0.25) is 14.7 Å². The summed E-state index contributed by atoms with van der Waals surface area (Å²) in [5, 5.41) is 9.24. The average molecular weight is 351 g/mol. The monoisotopic (exact) mass is 351 g/mol. The van der Waals surface area contributed by atoms with E-state index in [-0.39, 0.29) is 24.0 Å². The molecule has 0 aliphatic rings. The van der Waals surface area contributed by atoms with Gasteiger partial charge in [0.1, 0.15) is 5.76 Å². The molecular formula is C18H33N5O2. The predicted octanol–water partition coefficient (Wildman–Crippen LogP) is 1.74. The Morgan fingerprint density at radius 1 is 1.28 bits per heavy atom. The van der Waals surface area contributed by atoms with Crippen LogP contribution >= 0.6 is 0 Å². The van der Waals surface area contributed by atoms with Crippen LogP contribution in [0.4, 0.5) is 0 Å². The molecular weight excluding hydrogens is 318 g/mol. The molecule has 0 fully saturated rings. The zero-order valence-corrected chi connectivity index (χ0v) is 16.3. The summed E-state index contributed by atoms with van der Waals surface area (Å²) in [4.78, 5) is 18.4. The van der Waals surface area contributed by atoms with Gasteiger partial charge in [-0.05, 0) is 46.0 Å². The molecule has 7 nitrogen and oxygen atoms in total. The van der Waals surface area contributed by atoms with E-state index in [0.29, 0.717) is 12.5 Å². The Morgan fingerprint density at radius 3 is 2.44 bits per heavy atom. The Kier molecular flexibility index (Phi) is 8.48. The van der Waals surface area contributed by atoms with E-state index in [1.54, 1.807) is 13.3 Å². The van der Waals surface area contributed by atoms with E-state index in [1.165, 1.54) is 0 Å². The van der Waals surface area contributed by atoms with Gasteiger partial charge in [0, 0.05) is 19.1 Å². The summed E-state index contributed by atoms with van der Waals surface area (Å²) in [7, 11) is 1.69. The lowest BCUT2D eigenvalue weighted by atomic mass is 10.1. The van der Waals surface area contributed by atoms with Crippen LogP contribution < -0.4 is 16.0 Å². The number of carbonyl (C=O) groups is 1. The molecule has 0 bridgehead atoms. The van der Waals surface area contributed by atoms with Crippen molar-refractivity contribution in [2.75, 3.05) is 33.2 Å². The molecule has 1 heterocycles. The first kappa shape index (κ1) is 21.0. The Labute approximate surface area is 151 Å². The molecule has 25 heavy (non-hydrogen) atoms. The topological polar surface area (TPSA) is 81.9 Å². The van der Waals surface area contributed by atoms with E-state index in [2.05, 4.69) is 39.7 Å². The third-order valence-corrected chi connectivity index (χ3v) is 3.74. The summed E-state index contributed by atoms with van der Waals surface area (Å²) in [5.74, 6) is 1.44. The number of carbonyl (C=O) groups excluding carboxylic acids is 1. The van der Waals surface area contributed by atoms with Crippen molar-refractivity contribution in [1.82, 2.24) is 20.9 Å². The van der Waals surface area contributed by atoms with Crippen LogP contribution in [-0.4, -0.2) is 55.5 Å². The Morgan fingerprint density at radius 2 is 1.96 bits per heavy atom. The lowest BCUT2D eigenvalue weighted by Gasteiger charge is -2.29. The standard InChI is InChI=1S/C18H33N5O2/c1-7-23(8-2)14(15-10-9-11-25-15)12-20-17(19-6)21-13-16(24)22-18(3,4)5/h9-11,14H,7-8,12-13H2,1-6H3,(H,22,24)(H2,19,20,21). The molecule has 0 radical (unpaired) electrons. The van der Waals surface area contributed by atoms with Crippen molar-refractivity contribution in [2.24, 2.45) is 4.99 Å². The van der Waals surface area contributed by atoms with E-state index >= 15 is 0 Å². The second-order valence-corrected chi connectivity index (χ2v) is 6.86. The van der Waals surface area contributed by atoms with Crippen LogP contribution in [-0.2, 0) is 4.79 Å². The van der Waals surface area contributed by atoms with Crippen molar-refractivity contribution in [1.29, 1.82) is 0 Å². The zero-order chi connectivity index (χ0) is 18.9. The summed E-state index contributed by atoms with van der Waals surface area (Å²) >= 11 is 0. The van der Waals surface area contributed by atoms with Gasteiger partial charge in [0.15, 0.2) is 5.96 Å². The molecule has 1 amide bonds. The first-order chi connectivity index (χ1) is 11.8. The molecule has 0 spiro atoms. The lowest BCUT2D eigenvalue weighted by molar-refractivity contribution is -0.121. The molecule has 1 unspecified atom stereocenters. The second kappa shape index (κ2) is 10.1. The minimum absolute atomic E-state index is 0.0678. The van der Waals surface area contributed by atoms with Gasteiger partial charge in [-0.2, -0.15) is 0 Å². The number of furan rings is 1. The highest BCUT2D eigenvalue weighted by atomic mass is 16.3. The highest BCUT2D eigenvalue weighted by Crippen LogP contribution is 2.20. The first-order valence-electron chi connectivity index (χ1n) is 8.83. The van der Waals surface area contributed by atoms with Crippen molar-refractivity contribution in [3.8, 4) is 0 Å². The average Bonchev–Trinajstić information content (AvgIpc) is 3.06. The summed E-state index contributed by atoms with van der Waals surface area (Å²) in [6.45, 7) is 12.8. The number of hydrogen-bond acceptors (Lipinski definition) is 4. The fraction of sp³-hybridized carbons (Fsp3) is 0.667. The fourth-order valence-corrected chi connectivity index (χ4v) is 2.60. The number of rotatable bonds is 8. The van der Waals surface area contributed by atoms with Gasteiger partial charge in [0.25, 0.3) is 0 Å². The SMILES string of the molecule is CCN(CC)C(CNC(=NC)NCC(=O)NC(C)(C)C)c1ccco1. The molecule has 0 aliphatic heterocycles. The van der Waals surface area contributed by atoms with E-state index < -0.39 is 0 Å². The van der Waals surface area contributed by atoms with Gasteiger partial charge < -0.3 is 20.4 Å². The largest absolute Gasteiger partial charge is 0.468 e. The number of likely N-dealkylation sites (N-methyl/N-ethyl adjacent to an activating group) is 1. The molecule has 0 saturated carbocycles. The van der Waals surface area contributed by atoms with Crippen LogP contribution in [0.25, 0.3) is 0 Å². The lowest BCUT2D eigenvalue weighted by Crippen LogP contribution is -2.49. The zero-order valence-electron chi connectivity index (χ0n) is 16.3. The number of nitrogens with one attached hydrogen (secondary N) is 3. The molecule has 1 aromatic rings. The quantitative estimate of drug-likeness (QED) is 0.491. The van der Waals surface area contributed by atoms with Gasteiger partial charge in [0.2, 0.25) is 5.91 Å². The van der Waals surface area contributed by atoms with Crippen molar-refractivity contribution in [3.05, 3.63) is 24.2 Å². The Hall–Kier alpha value is -2.02. The molecule has 1 aromatic heterocycles. The van der Waals surface area contributed by atoms with Crippen molar-refractivity contribution in [3.63, 3.8) is 0 Å². The van der Waals surface area contributed by atoms with Crippen LogP contribution in [0.1, 0.15) is 46.4 Å². The summed E-state index contributed by atoms with van der Waals surface area (Å²) < 4.78 is 5.59. The smallest absolute Gasteiger partial charge is 0.239 e. The maximum atomic E-state index is 11.9. The van der Waals surface area contributed by atoms with Crippen molar-refractivity contribution in [2.45, 2.75) is 46.2 Å². The summed E-state index contributed by atoms with van der Waals surface area (Å²) in [5.41, 5.74) is -0.247. The summed E-state index contributed by atoms with van der Waals surface area (Å²) in [6.07, 6.45) is 1.69. The van der Waals surface area contributed by atoms with Crippen LogP contribution in [0.5, 0.6) is 0 Å². The van der Waals surface area contributed by atoms with E-state index in [0.717, 1.165) is 18.8 Å². The van der Waals surface area contributed by atoms with Gasteiger partial charge >= 0.3 is 0 Å². The molecule has 1 rings (SSSR count). The maximum Gasteiger partial charge on any atom is 0.239 e. The van der Waals surface area contributed by atoms with Crippen LogP contribution in [0.2, 0.25) is 0 Å². The molecule has 0 aromatic carbocycles. The van der Waals surface area contributed by atoms with E-state index in [4.69, 9.17) is 4.42 Å². The van der Waals surface area contributed by atoms with Crippen LogP contribution in [0.15, 0.2) is 27.8 Å². The predicted molar refractivity (Wildman–Crippen MR) is 102 cm³/mol. The van der Waals surface area contributed by atoms with Crippen LogP contribution in [0.3, 0.4) is 0 Å². The highest BCUT2D eigenvalue weighted by molar-refractivity contribution is 5.86. The molecule has 3 N–H and O–H groups in total. The molecule has 0 saturated heterocycles. The molecule has 142 valence electrons. The third-order valence-electron chi connectivity index (χ3n) is 3.74. The first-order valence-corrected chi connectivity index (χ1v) is 8.83. The van der Waals surface area contributed by atoms with Gasteiger partial charge in [0.05, 0.1) is 18.8 Å². The second-order valence-electron chi connectivity index (χ2n) is 6.86. The molecule has 0 aliphatic carbocycles. The van der Waals surface area contributed by atoms with Crippen LogP contribution in [0, 0.1) is 0 Å².